The molecule has 1 heterocycles. The van der Waals surface area contributed by atoms with E-state index < -0.39 is 5.97 Å². The van der Waals surface area contributed by atoms with E-state index in [0.29, 0.717) is 12.4 Å². The van der Waals surface area contributed by atoms with Crippen LogP contribution in [0.1, 0.15) is 36.2 Å². The number of hydrogen-bond donors (Lipinski definition) is 0. The van der Waals surface area contributed by atoms with Gasteiger partial charge in [0.05, 0.1) is 6.61 Å². The molecule has 0 aliphatic rings. The summed E-state index contributed by atoms with van der Waals surface area (Å²) in [6.07, 6.45) is 4.24. The third-order valence-electron chi connectivity index (χ3n) is 2.37. The largest absolute Gasteiger partial charge is 0.460 e. The van der Waals surface area contributed by atoms with Crippen LogP contribution in [-0.2, 0) is 11.3 Å². The zero-order valence-electron chi connectivity index (χ0n) is 10.6. The van der Waals surface area contributed by atoms with Crippen LogP contribution in [0.15, 0.2) is 0 Å². The van der Waals surface area contributed by atoms with Crippen molar-refractivity contribution in [3.05, 3.63) is 11.6 Å². The number of hydrogen-bond acceptors (Lipinski definition) is 5. The molecule has 0 aliphatic heterocycles. The number of ether oxygens (including phenoxy) is 1. The van der Waals surface area contributed by atoms with Crippen LogP contribution in [0.3, 0.4) is 0 Å². The molecular formula is C11H19N3O2S. The number of aromatic nitrogens is 3. The Balaban J connectivity index is 2.63. The average Bonchev–Trinajstić information content (AvgIpc) is 2.67. The Morgan fingerprint density at radius 3 is 2.82 bits per heavy atom. The number of thioether (sulfide) groups is 1. The lowest BCUT2D eigenvalue weighted by Gasteiger charge is -2.07. The molecule has 0 aromatic carbocycles. The summed E-state index contributed by atoms with van der Waals surface area (Å²) in [7, 11) is 0. The maximum Gasteiger partial charge on any atom is 0.376 e. The van der Waals surface area contributed by atoms with Crippen LogP contribution in [0.2, 0.25) is 0 Å². The first kappa shape index (κ1) is 14.0. The molecule has 0 bridgehead atoms. The fourth-order valence-corrected chi connectivity index (χ4v) is 2.00. The number of aryl methyl sites for hydroxylation is 1. The van der Waals surface area contributed by atoms with Crippen molar-refractivity contribution in [1.29, 1.82) is 0 Å². The van der Waals surface area contributed by atoms with Gasteiger partial charge in [-0.25, -0.2) is 4.79 Å². The van der Waals surface area contributed by atoms with Crippen molar-refractivity contribution in [2.24, 2.45) is 0 Å². The number of nitrogens with zero attached hydrogens (tertiary/aromatic N) is 3. The summed E-state index contributed by atoms with van der Waals surface area (Å²) in [4.78, 5) is 11.6. The predicted molar refractivity (Wildman–Crippen MR) is 68.3 cm³/mol. The van der Waals surface area contributed by atoms with Crippen molar-refractivity contribution >= 4 is 17.7 Å². The van der Waals surface area contributed by atoms with Crippen LogP contribution >= 0.6 is 11.8 Å². The first-order chi connectivity index (χ1) is 8.20. The molecule has 96 valence electrons. The van der Waals surface area contributed by atoms with Crippen LogP contribution in [0.5, 0.6) is 0 Å². The molecule has 5 nitrogen and oxygen atoms in total. The zero-order valence-corrected chi connectivity index (χ0v) is 11.4. The summed E-state index contributed by atoms with van der Waals surface area (Å²) in [5.41, 5.74) is 0. The van der Waals surface area contributed by atoms with Crippen LogP contribution < -0.4 is 0 Å². The van der Waals surface area contributed by atoms with E-state index in [0.717, 1.165) is 31.0 Å². The summed E-state index contributed by atoms with van der Waals surface area (Å²) in [5.74, 6) is 1.82. The second-order valence-electron chi connectivity index (χ2n) is 3.64. The first-order valence-corrected chi connectivity index (χ1v) is 7.16. The third-order valence-corrected chi connectivity index (χ3v) is 3.07. The van der Waals surface area contributed by atoms with Crippen LogP contribution in [0.4, 0.5) is 0 Å². The summed E-state index contributed by atoms with van der Waals surface area (Å²) in [5, 5.41) is 7.79. The molecule has 0 saturated carbocycles. The summed E-state index contributed by atoms with van der Waals surface area (Å²) < 4.78 is 6.77. The molecule has 1 rings (SSSR count). The molecule has 1 aromatic rings. The van der Waals surface area contributed by atoms with Crippen LogP contribution in [0, 0.1) is 6.92 Å². The van der Waals surface area contributed by atoms with Crippen molar-refractivity contribution in [3.8, 4) is 0 Å². The fraction of sp³-hybridized carbons (Fsp3) is 0.727. The Hall–Kier alpha value is -1.04. The highest BCUT2D eigenvalue weighted by Gasteiger charge is 2.17. The number of carbonyl (C=O) groups is 1. The second-order valence-corrected chi connectivity index (χ2v) is 4.63. The van der Waals surface area contributed by atoms with Crippen molar-refractivity contribution in [3.63, 3.8) is 0 Å². The van der Waals surface area contributed by atoms with Gasteiger partial charge in [0.25, 0.3) is 0 Å². The van der Waals surface area contributed by atoms with Gasteiger partial charge in [-0.3, -0.25) is 0 Å². The van der Waals surface area contributed by atoms with Gasteiger partial charge in [-0.05, 0) is 38.7 Å². The minimum atomic E-state index is -0.391. The van der Waals surface area contributed by atoms with Crippen molar-refractivity contribution in [2.45, 2.75) is 33.2 Å². The first-order valence-electron chi connectivity index (χ1n) is 5.76. The lowest BCUT2D eigenvalue weighted by molar-refractivity contribution is 0.0505. The Labute approximate surface area is 106 Å². The molecule has 1 aromatic heterocycles. The highest BCUT2D eigenvalue weighted by atomic mass is 32.2. The Morgan fingerprint density at radius 2 is 2.18 bits per heavy atom. The van der Waals surface area contributed by atoms with E-state index in [2.05, 4.69) is 16.5 Å². The number of esters is 1. The van der Waals surface area contributed by atoms with E-state index in [1.807, 2.05) is 23.3 Å². The highest BCUT2D eigenvalue weighted by Crippen LogP contribution is 2.07. The van der Waals surface area contributed by atoms with Gasteiger partial charge in [0.1, 0.15) is 5.82 Å². The van der Waals surface area contributed by atoms with E-state index in [-0.39, 0.29) is 0 Å². The lowest BCUT2D eigenvalue weighted by Crippen LogP contribution is -2.14. The fourth-order valence-electron chi connectivity index (χ4n) is 1.51. The Morgan fingerprint density at radius 1 is 1.41 bits per heavy atom. The molecule has 0 unspecified atom stereocenters. The second kappa shape index (κ2) is 7.32. The Bertz CT molecular complexity index is 366. The quantitative estimate of drug-likeness (QED) is 0.551. The summed E-state index contributed by atoms with van der Waals surface area (Å²) in [6.45, 7) is 4.76. The van der Waals surface area contributed by atoms with Crippen LogP contribution in [-0.4, -0.2) is 39.3 Å². The van der Waals surface area contributed by atoms with E-state index in [9.17, 15) is 4.79 Å². The zero-order chi connectivity index (χ0) is 12.7. The SMILES string of the molecule is CCOC(=O)c1nnc(C)n1CCCCSC. The minimum Gasteiger partial charge on any atom is -0.460 e. The standard InChI is InChI=1S/C11H19N3O2S/c1-4-16-11(15)10-13-12-9(2)14(10)7-5-6-8-17-3/h4-8H2,1-3H3. The van der Waals surface area contributed by atoms with Crippen LogP contribution in [0.25, 0.3) is 0 Å². The van der Waals surface area contributed by atoms with Gasteiger partial charge in [-0.2, -0.15) is 11.8 Å². The minimum absolute atomic E-state index is 0.313. The smallest absolute Gasteiger partial charge is 0.376 e. The van der Waals surface area contributed by atoms with E-state index in [1.54, 1.807) is 6.92 Å². The molecule has 0 saturated heterocycles. The van der Waals surface area contributed by atoms with Crippen molar-refractivity contribution < 1.29 is 9.53 Å². The molecule has 6 heteroatoms. The maximum absolute atomic E-state index is 11.6. The molecule has 0 N–H and O–H groups in total. The monoisotopic (exact) mass is 257 g/mol. The molecule has 0 spiro atoms. The van der Waals surface area contributed by atoms with Gasteiger partial charge in [-0.1, -0.05) is 0 Å². The van der Waals surface area contributed by atoms with Crippen molar-refractivity contribution in [2.75, 3.05) is 18.6 Å². The van der Waals surface area contributed by atoms with E-state index >= 15 is 0 Å². The molecule has 0 atom stereocenters. The van der Waals surface area contributed by atoms with Gasteiger partial charge in [0.2, 0.25) is 5.82 Å². The lowest BCUT2D eigenvalue weighted by atomic mass is 10.3. The predicted octanol–water partition coefficient (Wildman–Crippen LogP) is 1.91. The maximum atomic E-state index is 11.6. The van der Waals surface area contributed by atoms with Gasteiger partial charge < -0.3 is 9.30 Å². The topological polar surface area (TPSA) is 57.0 Å². The summed E-state index contributed by atoms with van der Waals surface area (Å²) in [6, 6.07) is 0. The third kappa shape index (κ3) is 4.03. The van der Waals surface area contributed by atoms with Gasteiger partial charge in [-0.15, -0.1) is 10.2 Å². The molecule has 17 heavy (non-hydrogen) atoms. The van der Waals surface area contributed by atoms with E-state index in [4.69, 9.17) is 4.74 Å². The molecule has 0 radical (unpaired) electrons. The molecule has 0 aliphatic carbocycles. The number of carbonyl (C=O) groups excluding carboxylic acids is 1. The van der Waals surface area contributed by atoms with Gasteiger partial charge in [0, 0.05) is 6.54 Å². The Kier molecular flexibility index (Phi) is 6.04. The normalized spacial score (nSPS) is 10.5. The average molecular weight is 257 g/mol. The number of rotatable bonds is 7. The number of unbranched alkanes of at least 4 members (excludes halogenated alkanes) is 1. The molecular weight excluding hydrogens is 238 g/mol. The van der Waals surface area contributed by atoms with E-state index in [1.165, 1.54) is 0 Å². The summed E-state index contributed by atoms with van der Waals surface area (Å²) >= 11 is 1.83. The van der Waals surface area contributed by atoms with Gasteiger partial charge in [0.15, 0.2) is 0 Å². The molecule has 0 fully saturated rings. The molecule has 0 amide bonds. The van der Waals surface area contributed by atoms with Crippen molar-refractivity contribution in [1.82, 2.24) is 14.8 Å². The van der Waals surface area contributed by atoms with Gasteiger partial charge >= 0.3 is 5.97 Å². The highest BCUT2D eigenvalue weighted by molar-refractivity contribution is 7.98.